The average molecular weight is 588 g/mol. The topological polar surface area (TPSA) is 93.7 Å². The molecular formula is C29H40F3NO8. The van der Waals surface area contributed by atoms with Crippen molar-refractivity contribution in [3.8, 4) is 0 Å². The molecule has 0 amide bonds. The van der Waals surface area contributed by atoms with Crippen molar-refractivity contribution in [2.24, 2.45) is 0 Å². The SMILES string of the molecule is CC(C)OCCOCCOCCOCCOCCOCCOC(=O)c1ccccc1Nc1cccc(C(F)(F)F)c1. The molecule has 0 spiro atoms. The lowest BCUT2D eigenvalue weighted by atomic mass is 10.1. The van der Waals surface area contributed by atoms with E-state index in [0.717, 1.165) is 12.1 Å². The number of ether oxygens (including phenoxy) is 7. The molecule has 0 aromatic heterocycles. The summed E-state index contributed by atoms with van der Waals surface area (Å²) in [6, 6.07) is 11.2. The molecule has 2 aromatic carbocycles. The molecule has 0 bridgehead atoms. The summed E-state index contributed by atoms with van der Waals surface area (Å²) in [4.78, 5) is 12.5. The van der Waals surface area contributed by atoms with Crippen LogP contribution < -0.4 is 5.32 Å². The Bertz CT molecular complexity index is 991. The summed E-state index contributed by atoms with van der Waals surface area (Å²) >= 11 is 0. The molecule has 1 N–H and O–H groups in total. The third-order valence-electron chi connectivity index (χ3n) is 5.24. The number of hydrogen-bond acceptors (Lipinski definition) is 9. The van der Waals surface area contributed by atoms with Crippen LogP contribution in [0.1, 0.15) is 29.8 Å². The first-order valence-corrected chi connectivity index (χ1v) is 13.5. The van der Waals surface area contributed by atoms with E-state index in [0.29, 0.717) is 71.8 Å². The third kappa shape index (κ3) is 15.7. The Morgan fingerprint density at radius 1 is 0.707 bits per heavy atom. The zero-order chi connectivity index (χ0) is 29.8. The van der Waals surface area contributed by atoms with Crippen LogP contribution in [-0.4, -0.2) is 91.4 Å². The Hall–Kier alpha value is -2.74. The fourth-order valence-corrected chi connectivity index (χ4v) is 3.29. The quantitative estimate of drug-likeness (QED) is 0.149. The minimum absolute atomic E-state index is 0.0105. The highest BCUT2D eigenvalue weighted by Gasteiger charge is 2.30. The highest BCUT2D eigenvalue weighted by molar-refractivity contribution is 5.96. The van der Waals surface area contributed by atoms with Gasteiger partial charge in [-0.1, -0.05) is 18.2 Å². The highest BCUT2D eigenvalue weighted by atomic mass is 19.4. The van der Waals surface area contributed by atoms with Gasteiger partial charge in [-0.05, 0) is 44.2 Å². The molecule has 0 heterocycles. The molecule has 9 nitrogen and oxygen atoms in total. The van der Waals surface area contributed by atoms with Crippen molar-refractivity contribution in [2.45, 2.75) is 26.1 Å². The summed E-state index contributed by atoms with van der Waals surface area (Å²) in [6.07, 6.45) is -4.27. The zero-order valence-corrected chi connectivity index (χ0v) is 23.6. The zero-order valence-electron chi connectivity index (χ0n) is 23.6. The average Bonchev–Trinajstić information content (AvgIpc) is 2.94. The largest absolute Gasteiger partial charge is 0.460 e. The van der Waals surface area contributed by atoms with Crippen molar-refractivity contribution in [2.75, 3.05) is 84.6 Å². The maximum atomic E-state index is 13.0. The number of para-hydroxylation sites is 1. The van der Waals surface area contributed by atoms with Crippen molar-refractivity contribution in [1.29, 1.82) is 0 Å². The predicted octanol–water partition coefficient (Wildman–Crippen LogP) is 5.11. The van der Waals surface area contributed by atoms with E-state index in [1.165, 1.54) is 18.2 Å². The Balaban J connectivity index is 1.48. The molecule has 230 valence electrons. The van der Waals surface area contributed by atoms with Crippen molar-refractivity contribution < 1.29 is 51.1 Å². The summed E-state index contributed by atoms with van der Waals surface area (Å²) < 4.78 is 76.6. The van der Waals surface area contributed by atoms with Gasteiger partial charge in [0.1, 0.15) is 6.61 Å². The first kappa shape index (κ1) is 34.5. The molecule has 0 aliphatic heterocycles. The van der Waals surface area contributed by atoms with E-state index in [4.69, 9.17) is 33.2 Å². The minimum atomic E-state index is -4.47. The monoisotopic (exact) mass is 587 g/mol. The lowest BCUT2D eigenvalue weighted by molar-refractivity contribution is -0.137. The summed E-state index contributed by atoms with van der Waals surface area (Å²) in [5.41, 5.74) is -0.0645. The van der Waals surface area contributed by atoms with Crippen LogP contribution in [0.5, 0.6) is 0 Å². The minimum Gasteiger partial charge on any atom is -0.460 e. The van der Waals surface area contributed by atoms with Crippen LogP contribution in [0, 0.1) is 0 Å². The van der Waals surface area contributed by atoms with E-state index >= 15 is 0 Å². The first-order valence-electron chi connectivity index (χ1n) is 13.5. The number of halogens is 3. The molecule has 2 aromatic rings. The molecule has 0 saturated carbocycles. The molecule has 0 radical (unpaired) electrons. The highest BCUT2D eigenvalue weighted by Crippen LogP contribution is 2.32. The third-order valence-corrected chi connectivity index (χ3v) is 5.24. The molecular weight excluding hydrogens is 547 g/mol. The van der Waals surface area contributed by atoms with Crippen LogP contribution in [0.25, 0.3) is 0 Å². The van der Waals surface area contributed by atoms with Crippen LogP contribution in [0.15, 0.2) is 48.5 Å². The molecule has 0 fully saturated rings. The summed E-state index contributed by atoms with van der Waals surface area (Å²) in [5, 5.41) is 2.85. The lowest BCUT2D eigenvalue weighted by Crippen LogP contribution is -2.15. The van der Waals surface area contributed by atoms with Gasteiger partial charge < -0.3 is 38.5 Å². The number of carbonyl (C=O) groups excluding carboxylic acids is 1. The van der Waals surface area contributed by atoms with E-state index in [1.54, 1.807) is 18.2 Å². The number of alkyl halides is 3. The second-order valence-corrected chi connectivity index (χ2v) is 8.87. The standard InChI is InChI=1S/C29H40F3NO8/c1-23(2)40-20-18-38-16-14-36-12-10-35-11-13-37-15-17-39-19-21-41-28(34)26-8-3-4-9-27(26)33-25-7-5-6-24(22-25)29(30,31)32/h3-9,22-23,33H,10-21H2,1-2H3. The van der Waals surface area contributed by atoms with Gasteiger partial charge in [-0.2, -0.15) is 13.2 Å². The van der Waals surface area contributed by atoms with E-state index in [2.05, 4.69) is 5.32 Å². The van der Waals surface area contributed by atoms with Gasteiger partial charge in [0.05, 0.1) is 95.6 Å². The Morgan fingerprint density at radius 2 is 1.22 bits per heavy atom. The molecule has 0 saturated heterocycles. The van der Waals surface area contributed by atoms with E-state index < -0.39 is 17.7 Å². The Morgan fingerprint density at radius 3 is 1.76 bits per heavy atom. The van der Waals surface area contributed by atoms with Crippen LogP contribution in [0.4, 0.5) is 24.5 Å². The molecule has 0 aliphatic rings. The van der Waals surface area contributed by atoms with Gasteiger partial charge >= 0.3 is 12.1 Å². The summed E-state index contributed by atoms with van der Waals surface area (Å²) in [7, 11) is 0. The summed E-state index contributed by atoms with van der Waals surface area (Å²) in [5.74, 6) is -0.621. The van der Waals surface area contributed by atoms with E-state index in [1.807, 2.05) is 13.8 Å². The van der Waals surface area contributed by atoms with Crippen LogP contribution in [0.3, 0.4) is 0 Å². The number of esters is 1. The second-order valence-electron chi connectivity index (χ2n) is 8.87. The van der Waals surface area contributed by atoms with Gasteiger partial charge in [0.15, 0.2) is 0 Å². The predicted molar refractivity (Wildman–Crippen MR) is 147 cm³/mol. The van der Waals surface area contributed by atoms with Crippen LogP contribution >= 0.6 is 0 Å². The molecule has 2 rings (SSSR count). The van der Waals surface area contributed by atoms with Gasteiger partial charge in [-0.25, -0.2) is 4.79 Å². The molecule has 12 heteroatoms. The fraction of sp³-hybridized carbons (Fsp3) is 0.552. The molecule has 0 atom stereocenters. The van der Waals surface area contributed by atoms with Gasteiger partial charge in [-0.3, -0.25) is 0 Å². The second kappa shape index (κ2) is 20.2. The maximum absolute atomic E-state index is 13.0. The fourth-order valence-electron chi connectivity index (χ4n) is 3.29. The van der Waals surface area contributed by atoms with Crippen LogP contribution in [0.2, 0.25) is 0 Å². The normalized spacial score (nSPS) is 11.7. The smallest absolute Gasteiger partial charge is 0.416 e. The Kier molecular flexibility index (Phi) is 17.0. The summed E-state index contributed by atoms with van der Waals surface area (Å²) in [6.45, 7) is 8.70. The maximum Gasteiger partial charge on any atom is 0.416 e. The van der Waals surface area contributed by atoms with Gasteiger partial charge in [0.2, 0.25) is 0 Å². The van der Waals surface area contributed by atoms with Crippen LogP contribution in [-0.2, 0) is 39.3 Å². The lowest BCUT2D eigenvalue weighted by Gasteiger charge is -2.13. The van der Waals surface area contributed by atoms with Gasteiger partial charge in [0.25, 0.3) is 0 Å². The molecule has 0 aliphatic carbocycles. The number of anilines is 2. The molecule has 41 heavy (non-hydrogen) atoms. The van der Waals surface area contributed by atoms with Gasteiger partial charge in [0, 0.05) is 5.69 Å². The van der Waals surface area contributed by atoms with Crippen molar-refractivity contribution in [3.63, 3.8) is 0 Å². The number of carbonyl (C=O) groups is 1. The number of hydrogen-bond donors (Lipinski definition) is 1. The van der Waals surface area contributed by atoms with Crippen molar-refractivity contribution in [3.05, 3.63) is 59.7 Å². The Labute approximate surface area is 239 Å². The van der Waals surface area contributed by atoms with Gasteiger partial charge in [-0.15, -0.1) is 0 Å². The number of rotatable bonds is 22. The number of nitrogens with one attached hydrogen (secondary N) is 1. The first-order chi connectivity index (χ1) is 19.8. The van der Waals surface area contributed by atoms with Crippen molar-refractivity contribution in [1.82, 2.24) is 0 Å². The van der Waals surface area contributed by atoms with E-state index in [-0.39, 0.29) is 30.6 Å². The van der Waals surface area contributed by atoms with Crippen molar-refractivity contribution >= 4 is 17.3 Å². The van der Waals surface area contributed by atoms with E-state index in [9.17, 15) is 18.0 Å². The molecule has 0 unspecified atom stereocenters. The number of benzene rings is 2.